The molecule has 6 heteroatoms. The number of carbonyl (C=O) groups is 1. The topological polar surface area (TPSA) is 56.1 Å². The van der Waals surface area contributed by atoms with E-state index < -0.39 is 0 Å². The van der Waals surface area contributed by atoms with Gasteiger partial charge in [-0.25, -0.2) is 4.98 Å². The number of hydrogen-bond donors (Lipinski definition) is 1. The number of nitrogens with one attached hydrogen (secondary N) is 1. The van der Waals surface area contributed by atoms with Crippen LogP contribution in [0.15, 0.2) is 42.7 Å². The van der Waals surface area contributed by atoms with Crippen LogP contribution in [0.2, 0.25) is 5.02 Å². The smallest absolute Gasteiger partial charge is 0.257 e. The Labute approximate surface area is 132 Å². The van der Waals surface area contributed by atoms with Crippen LogP contribution in [0.1, 0.15) is 10.4 Å². The number of carbonyl (C=O) groups excluding carboxylic acids is 1. The summed E-state index contributed by atoms with van der Waals surface area (Å²) in [5, 5.41) is 4.09. The van der Waals surface area contributed by atoms with Crippen molar-refractivity contribution in [2.24, 2.45) is 7.05 Å². The molecule has 0 spiro atoms. The average Bonchev–Trinajstić information content (AvgIpc) is 2.85. The third-order valence-electron chi connectivity index (χ3n) is 3.39. The number of ether oxygens (including phenoxy) is 1. The molecule has 0 saturated heterocycles. The number of halogens is 1. The van der Waals surface area contributed by atoms with Crippen molar-refractivity contribution in [1.82, 2.24) is 9.55 Å². The molecule has 3 rings (SSSR count). The number of rotatable bonds is 3. The number of fused-ring (bicyclic) bond motifs is 1. The van der Waals surface area contributed by atoms with E-state index in [1.165, 1.54) is 0 Å². The molecular weight excluding hydrogens is 302 g/mol. The van der Waals surface area contributed by atoms with Crippen LogP contribution in [0.25, 0.3) is 11.0 Å². The van der Waals surface area contributed by atoms with E-state index in [2.05, 4.69) is 10.3 Å². The number of aromatic nitrogens is 2. The Balaban J connectivity index is 1.92. The summed E-state index contributed by atoms with van der Waals surface area (Å²) >= 11 is 6.07. The zero-order valence-corrected chi connectivity index (χ0v) is 12.9. The van der Waals surface area contributed by atoms with Gasteiger partial charge in [-0.3, -0.25) is 4.79 Å². The Morgan fingerprint density at radius 2 is 2.18 bits per heavy atom. The van der Waals surface area contributed by atoms with Gasteiger partial charge >= 0.3 is 0 Å². The molecule has 0 unspecified atom stereocenters. The van der Waals surface area contributed by atoms with Gasteiger partial charge in [0.15, 0.2) is 0 Å². The van der Waals surface area contributed by atoms with Crippen LogP contribution in [-0.2, 0) is 7.05 Å². The second-order valence-electron chi connectivity index (χ2n) is 4.83. The van der Waals surface area contributed by atoms with E-state index in [-0.39, 0.29) is 5.91 Å². The number of aryl methyl sites for hydroxylation is 1. The van der Waals surface area contributed by atoms with Crippen LogP contribution in [-0.4, -0.2) is 22.6 Å². The fourth-order valence-electron chi connectivity index (χ4n) is 2.34. The maximum atomic E-state index is 12.5. The molecule has 0 saturated carbocycles. The predicted octanol–water partition coefficient (Wildman–Crippen LogP) is 3.49. The van der Waals surface area contributed by atoms with Crippen molar-refractivity contribution >= 4 is 34.2 Å². The third kappa shape index (κ3) is 2.51. The lowest BCUT2D eigenvalue weighted by molar-refractivity contribution is 0.102. The Bertz CT molecular complexity index is 858. The molecule has 1 N–H and O–H groups in total. The van der Waals surface area contributed by atoms with Crippen LogP contribution in [0.3, 0.4) is 0 Å². The average molecular weight is 316 g/mol. The number of pyridine rings is 1. The minimum atomic E-state index is -0.208. The van der Waals surface area contributed by atoms with Crippen molar-refractivity contribution in [3.05, 3.63) is 53.3 Å². The highest BCUT2D eigenvalue weighted by Crippen LogP contribution is 2.28. The summed E-state index contributed by atoms with van der Waals surface area (Å²) in [6, 6.07) is 8.79. The number of hydrogen-bond acceptors (Lipinski definition) is 3. The zero-order valence-electron chi connectivity index (χ0n) is 12.1. The van der Waals surface area contributed by atoms with Gasteiger partial charge in [-0.2, -0.15) is 0 Å². The van der Waals surface area contributed by atoms with Crippen LogP contribution in [0.4, 0.5) is 5.69 Å². The summed E-state index contributed by atoms with van der Waals surface area (Å²) < 4.78 is 6.92. The highest BCUT2D eigenvalue weighted by atomic mass is 35.5. The molecule has 2 heterocycles. The zero-order chi connectivity index (χ0) is 15.7. The van der Waals surface area contributed by atoms with Crippen molar-refractivity contribution in [3.8, 4) is 5.75 Å². The van der Waals surface area contributed by atoms with E-state index in [4.69, 9.17) is 16.3 Å². The molecule has 22 heavy (non-hydrogen) atoms. The number of benzene rings is 1. The molecule has 0 bridgehead atoms. The number of methoxy groups -OCH3 is 1. The molecule has 0 atom stereocenters. The molecule has 1 amide bonds. The molecular formula is C16H14ClN3O2. The van der Waals surface area contributed by atoms with E-state index in [0.29, 0.717) is 22.0 Å². The molecule has 0 aliphatic rings. The van der Waals surface area contributed by atoms with E-state index in [9.17, 15) is 4.79 Å². The predicted molar refractivity (Wildman–Crippen MR) is 86.7 cm³/mol. The maximum absolute atomic E-state index is 12.5. The van der Waals surface area contributed by atoms with Gasteiger partial charge in [-0.1, -0.05) is 11.6 Å². The lowest BCUT2D eigenvalue weighted by Crippen LogP contribution is -2.11. The van der Waals surface area contributed by atoms with Gasteiger partial charge in [0.2, 0.25) is 0 Å². The van der Waals surface area contributed by atoms with E-state index in [0.717, 1.165) is 11.0 Å². The summed E-state index contributed by atoms with van der Waals surface area (Å²) in [6.07, 6.45) is 3.46. The van der Waals surface area contributed by atoms with Gasteiger partial charge in [-0.05, 0) is 30.3 Å². The molecule has 0 fully saturated rings. The van der Waals surface area contributed by atoms with Gasteiger partial charge in [0, 0.05) is 30.5 Å². The summed E-state index contributed by atoms with van der Waals surface area (Å²) in [4.78, 5) is 16.8. The van der Waals surface area contributed by atoms with Gasteiger partial charge in [-0.15, -0.1) is 0 Å². The van der Waals surface area contributed by atoms with Crippen LogP contribution >= 0.6 is 11.6 Å². The minimum Gasteiger partial charge on any atom is -0.495 e. The fourth-order valence-corrected chi connectivity index (χ4v) is 2.59. The Morgan fingerprint density at radius 1 is 1.36 bits per heavy atom. The normalized spacial score (nSPS) is 10.7. The second kappa shape index (κ2) is 5.69. The highest BCUT2D eigenvalue weighted by Gasteiger charge is 2.15. The summed E-state index contributed by atoms with van der Waals surface area (Å²) in [5.74, 6) is 0.355. The van der Waals surface area contributed by atoms with Crippen molar-refractivity contribution < 1.29 is 9.53 Å². The van der Waals surface area contributed by atoms with Crippen LogP contribution in [0, 0.1) is 0 Å². The Hall–Kier alpha value is -2.53. The van der Waals surface area contributed by atoms with E-state index in [1.807, 2.05) is 23.7 Å². The van der Waals surface area contributed by atoms with Gasteiger partial charge in [0.05, 0.1) is 17.7 Å². The Morgan fingerprint density at radius 3 is 2.91 bits per heavy atom. The molecule has 112 valence electrons. The first-order chi connectivity index (χ1) is 10.6. The highest BCUT2D eigenvalue weighted by molar-refractivity contribution is 6.32. The van der Waals surface area contributed by atoms with Crippen molar-refractivity contribution in [1.29, 1.82) is 0 Å². The monoisotopic (exact) mass is 315 g/mol. The first-order valence-electron chi connectivity index (χ1n) is 6.65. The van der Waals surface area contributed by atoms with Crippen molar-refractivity contribution in [2.45, 2.75) is 0 Å². The minimum absolute atomic E-state index is 0.208. The molecule has 3 aromatic rings. The Kier molecular flexibility index (Phi) is 3.73. The molecule has 2 aromatic heterocycles. The summed E-state index contributed by atoms with van der Waals surface area (Å²) in [5.41, 5.74) is 1.94. The van der Waals surface area contributed by atoms with Crippen LogP contribution < -0.4 is 10.1 Å². The molecule has 0 aliphatic carbocycles. The van der Waals surface area contributed by atoms with Gasteiger partial charge in [0.25, 0.3) is 5.91 Å². The summed E-state index contributed by atoms with van der Waals surface area (Å²) in [6.45, 7) is 0. The van der Waals surface area contributed by atoms with Crippen molar-refractivity contribution in [3.63, 3.8) is 0 Å². The number of nitrogens with zero attached hydrogens (tertiary/aromatic N) is 2. The molecule has 5 nitrogen and oxygen atoms in total. The lowest BCUT2D eigenvalue weighted by Gasteiger charge is -2.07. The SMILES string of the molecule is COc1ccc(NC(=O)c2cn(C)c3ncccc23)cc1Cl. The first-order valence-corrected chi connectivity index (χ1v) is 7.03. The standard InChI is InChI=1S/C16H14ClN3O2/c1-20-9-12(11-4-3-7-18-15(11)20)16(21)19-10-5-6-14(22-2)13(17)8-10/h3-9H,1-2H3,(H,19,21). The molecule has 1 aromatic carbocycles. The van der Waals surface area contributed by atoms with Gasteiger partial charge < -0.3 is 14.6 Å². The van der Waals surface area contributed by atoms with E-state index in [1.54, 1.807) is 37.7 Å². The summed E-state index contributed by atoms with van der Waals surface area (Å²) in [7, 11) is 3.40. The number of amides is 1. The maximum Gasteiger partial charge on any atom is 0.257 e. The largest absolute Gasteiger partial charge is 0.495 e. The molecule has 0 radical (unpaired) electrons. The van der Waals surface area contributed by atoms with Crippen LogP contribution in [0.5, 0.6) is 5.75 Å². The number of anilines is 1. The van der Waals surface area contributed by atoms with Crippen molar-refractivity contribution in [2.75, 3.05) is 12.4 Å². The van der Waals surface area contributed by atoms with Gasteiger partial charge in [0.1, 0.15) is 11.4 Å². The fraction of sp³-hybridized carbons (Fsp3) is 0.125. The molecule has 0 aliphatic heterocycles. The second-order valence-corrected chi connectivity index (χ2v) is 5.24. The quantitative estimate of drug-likeness (QED) is 0.805. The third-order valence-corrected chi connectivity index (χ3v) is 3.68. The lowest BCUT2D eigenvalue weighted by atomic mass is 10.2. The van der Waals surface area contributed by atoms with E-state index >= 15 is 0 Å². The first kappa shape index (κ1) is 14.4.